The molecular formula is C9H20O2. The predicted molar refractivity (Wildman–Crippen MR) is 46.5 cm³/mol. The predicted octanol–water partition coefficient (Wildman–Crippen LogP) is 1.82. The maximum atomic E-state index is 9.42. The summed E-state index contributed by atoms with van der Waals surface area (Å²) >= 11 is 0. The third-order valence-corrected chi connectivity index (χ3v) is 2.18. The van der Waals surface area contributed by atoms with Gasteiger partial charge in [-0.05, 0) is 25.7 Å². The Balaban J connectivity index is 3.58. The van der Waals surface area contributed by atoms with Crippen molar-refractivity contribution in [2.75, 3.05) is 7.11 Å². The molecule has 0 aromatic heterocycles. The van der Waals surface area contributed by atoms with E-state index >= 15 is 0 Å². The minimum absolute atomic E-state index is 0.174. The summed E-state index contributed by atoms with van der Waals surface area (Å²) in [5, 5.41) is 9.42. The monoisotopic (exact) mass is 160 g/mol. The van der Waals surface area contributed by atoms with Crippen molar-refractivity contribution in [1.82, 2.24) is 0 Å². The fraction of sp³-hybridized carbons (Fsp3) is 1.00. The zero-order chi connectivity index (χ0) is 8.85. The van der Waals surface area contributed by atoms with Gasteiger partial charge in [0, 0.05) is 7.11 Å². The number of hydrogen-bond donors (Lipinski definition) is 1. The van der Waals surface area contributed by atoms with Crippen LogP contribution in [-0.4, -0.2) is 24.4 Å². The van der Waals surface area contributed by atoms with Crippen LogP contribution in [0.4, 0.5) is 0 Å². The second kappa shape index (κ2) is 5.56. The molecule has 0 fully saturated rings. The first-order valence-electron chi connectivity index (χ1n) is 4.32. The average molecular weight is 160 g/mol. The van der Waals surface area contributed by atoms with E-state index in [1.807, 2.05) is 13.8 Å². The second-order valence-corrected chi connectivity index (χ2v) is 3.23. The molecule has 0 aromatic rings. The van der Waals surface area contributed by atoms with Crippen LogP contribution in [0.25, 0.3) is 0 Å². The van der Waals surface area contributed by atoms with Crippen molar-refractivity contribution in [3.8, 4) is 0 Å². The zero-order valence-electron chi connectivity index (χ0n) is 8.00. The fourth-order valence-electron chi connectivity index (χ4n) is 1.18. The number of methoxy groups -OCH3 is 1. The van der Waals surface area contributed by atoms with E-state index in [0.29, 0.717) is 5.92 Å². The van der Waals surface area contributed by atoms with Crippen molar-refractivity contribution >= 4 is 0 Å². The lowest BCUT2D eigenvalue weighted by Gasteiger charge is -2.20. The SMILES string of the molecule is CCC(O)C(C)CC(C)OC. The molecule has 11 heavy (non-hydrogen) atoms. The molecule has 0 rings (SSSR count). The molecule has 2 nitrogen and oxygen atoms in total. The Morgan fingerprint density at radius 3 is 2.27 bits per heavy atom. The summed E-state index contributed by atoms with van der Waals surface area (Å²) in [4.78, 5) is 0. The van der Waals surface area contributed by atoms with Crippen molar-refractivity contribution in [2.24, 2.45) is 5.92 Å². The zero-order valence-corrected chi connectivity index (χ0v) is 8.00. The number of rotatable bonds is 5. The van der Waals surface area contributed by atoms with Gasteiger partial charge in [0.1, 0.15) is 0 Å². The highest BCUT2D eigenvalue weighted by Crippen LogP contribution is 2.14. The Labute approximate surface area is 69.6 Å². The van der Waals surface area contributed by atoms with Gasteiger partial charge in [-0.25, -0.2) is 0 Å². The Bertz CT molecular complexity index is 93.6. The molecule has 0 aliphatic rings. The highest BCUT2D eigenvalue weighted by atomic mass is 16.5. The minimum atomic E-state index is -0.174. The van der Waals surface area contributed by atoms with Crippen molar-refractivity contribution < 1.29 is 9.84 Å². The number of hydrogen-bond acceptors (Lipinski definition) is 2. The topological polar surface area (TPSA) is 29.5 Å². The van der Waals surface area contributed by atoms with E-state index in [2.05, 4.69) is 6.92 Å². The summed E-state index contributed by atoms with van der Waals surface area (Å²) in [7, 11) is 1.70. The van der Waals surface area contributed by atoms with E-state index in [-0.39, 0.29) is 12.2 Å². The lowest BCUT2D eigenvalue weighted by Crippen LogP contribution is -2.21. The van der Waals surface area contributed by atoms with Crippen LogP contribution in [0.1, 0.15) is 33.6 Å². The van der Waals surface area contributed by atoms with Crippen LogP contribution in [0.5, 0.6) is 0 Å². The fourth-order valence-corrected chi connectivity index (χ4v) is 1.18. The lowest BCUT2D eigenvalue weighted by atomic mass is 9.96. The molecule has 0 saturated carbocycles. The van der Waals surface area contributed by atoms with E-state index in [1.54, 1.807) is 7.11 Å². The minimum Gasteiger partial charge on any atom is -0.393 e. The highest BCUT2D eigenvalue weighted by Gasteiger charge is 2.14. The van der Waals surface area contributed by atoms with Crippen LogP contribution in [0, 0.1) is 5.92 Å². The molecule has 2 heteroatoms. The van der Waals surface area contributed by atoms with E-state index in [4.69, 9.17) is 4.74 Å². The second-order valence-electron chi connectivity index (χ2n) is 3.23. The van der Waals surface area contributed by atoms with E-state index in [9.17, 15) is 5.11 Å². The summed E-state index contributed by atoms with van der Waals surface area (Å²) in [6.07, 6.45) is 1.85. The number of ether oxygens (including phenoxy) is 1. The standard InChI is InChI=1S/C9H20O2/c1-5-9(10)7(2)6-8(3)11-4/h7-10H,5-6H2,1-4H3. The van der Waals surface area contributed by atoms with Gasteiger partial charge in [-0.3, -0.25) is 0 Å². The van der Waals surface area contributed by atoms with Crippen molar-refractivity contribution in [2.45, 2.75) is 45.8 Å². The smallest absolute Gasteiger partial charge is 0.0564 e. The maximum Gasteiger partial charge on any atom is 0.0564 e. The molecule has 3 unspecified atom stereocenters. The summed E-state index contributed by atoms with van der Waals surface area (Å²) in [5.41, 5.74) is 0. The lowest BCUT2D eigenvalue weighted by molar-refractivity contribution is 0.0505. The number of aliphatic hydroxyl groups excluding tert-OH is 1. The van der Waals surface area contributed by atoms with Crippen molar-refractivity contribution in [3.63, 3.8) is 0 Å². The first-order chi connectivity index (χ1) is 5.11. The van der Waals surface area contributed by atoms with Crippen molar-refractivity contribution in [1.29, 1.82) is 0 Å². The molecule has 68 valence electrons. The summed E-state index contributed by atoms with van der Waals surface area (Å²) in [6, 6.07) is 0. The van der Waals surface area contributed by atoms with Gasteiger partial charge < -0.3 is 9.84 Å². The molecule has 0 spiro atoms. The molecule has 0 bridgehead atoms. The summed E-state index contributed by atoms with van der Waals surface area (Å²) in [6.45, 7) is 6.08. The van der Waals surface area contributed by atoms with Gasteiger partial charge in [0.05, 0.1) is 12.2 Å². The Morgan fingerprint density at radius 2 is 1.91 bits per heavy atom. The molecule has 0 heterocycles. The van der Waals surface area contributed by atoms with E-state index in [1.165, 1.54) is 0 Å². The molecule has 0 amide bonds. The van der Waals surface area contributed by atoms with Crippen LogP contribution in [0.15, 0.2) is 0 Å². The van der Waals surface area contributed by atoms with Gasteiger partial charge in [-0.1, -0.05) is 13.8 Å². The Hall–Kier alpha value is -0.0800. The quantitative estimate of drug-likeness (QED) is 0.664. The van der Waals surface area contributed by atoms with Gasteiger partial charge in [-0.2, -0.15) is 0 Å². The molecule has 0 radical (unpaired) electrons. The van der Waals surface area contributed by atoms with Crippen molar-refractivity contribution in [3.05, 3.63) is 0 Å². The van der Waals surface area contributed by atoms with Gasteiger partial charge >= 0.3 is 0 Å². The molecule has 0 aromatic carbocycles. The van der Waals surface area contributed by atoms with Crippen LogP contribution >= 0.6 is 0 Å². The van der Waals surface area contributed by atoms with Gasteiger partial charge in [-0.15, -0.1) is 0 Å². The van der Waals surface area contributed by atoms with Crippen LogP contribution in [-0.2, 0) is 4.74 Å². The highest BCUT2D eigenvalue weighted by molar-refractivity contribution is 4.65. The molecule has 1 N–H and O–H groups in total. The van der Waals surface area contributed by atoms with E-state index < -0.39 is 0 Å². The first-order valence-corrected chi connectivity index (χ1v) is 4.32. The normalized spacial score (nSPS) is 19.4. The maximum absolute atomic E-state index is 9.42. The number of aliphatic hydroxyl groups is 1. The molecule has 0 aliphatic heterocycles. The third kappa shape index (κ3) is 4.38. The van der Waals surface area contributed by atoms with Crippen LogP contribution < -0.4 is 0 Å². The Kier molecular flexibility index (Phi) is 5.51. The van der Waals surface area contributed by atoms with Gasteiger partial charge in [0.15, 0.2) is 0 Å². The van der Waals surface area contributed by atoms with Gasteiger partial charge in [0.2, 0.25) is 0 Å². The average Bonchev–Trinajstić information content (AvgIpc) is 2.02. The molecule has 0 aliphatic carbocycles. The summed E-state index contributed by atoms with van der Waals surface area (Å²) in [5.74, 6) is 0.343. The van der Waals surface area contributed by atoms with Gasteiger partial charge in [0.25, 0.3) is 0 Å². The van der Waals surface area contributed by atoms with Crippen LogP contribution in [0.2, 0.25) is 0 Å². The molecule has 3 atom stereocenters. The Morgan fingerprint density at radius 1 is 1.36 bits per heavy atom. The first kappa shape index (κ1) is 10.9. The molecule has 0 saturated heterocycles. The van der Waals surface area contributed by atoms with E-state index in [0.717, 1.165) is 12.8 Å². The largest absolute Gasteiger partial charge is 0.393 e. The summed E-state index contributed by atoms with van der Waals surface area (Å²) < 4.78 is 5.10. The third-order valence-electron chi connectivity index (χ3n) is 2.18. The molecular weight excluding hydrogens is 140 g/mol. The van der Waals surface area contributed by atoms with Crippen LogP contribution in [0.3, 0.4) is 0 Å².